The number of aliphatic carboxylic acids is 1. The van der Waals surface area contributed by atoms with Crippen molar-refractivity contribution in [2.24, 2.45) is 0 Å². The topological polar surface area (TPSA) is 119 Å². The van der Waals surface area contributed by atoms with E-state index >= 15 is 0 Å². The van der Waals surface area contributed by atoms with E-state index in [0.29, 0.717) is 17.9 Å². The fourth-order valence-corrected chi connectivity index (χ4v) is 2.90. The monoisotopic (exact) mass is 420 g/mol. The molecular weight excluding hydrogens is 400 g/mol. The lowest BCUT2D eigenvalue weighted by molar-refractivity contribution is -0.384. The first-order valence-electron chi connectivity index (χ1n) is 9.46. The first-order chi connectivity index (χ1) is 14.9. The molecule has 8 heteroatoms. The summed E-state index contributed by atoms with van der Waals surface area (Å²) in [7, 11) is 0. The number of carboxylic acid groups (broad SMARTS) is 1. The summed E-state index contributed by atoms with van der Waals surface area (Å²) in [6.45, 7) is 0.414. The Labute approximate surface area is 178 Å². The zero-order chi connectivity index (χ0) is 22.2. The molecule has 0 aliphatic heterocycles. The Morgan fingerprint density at radius 3 is 2.32 bits per heavy atom. The SMILES string of the molecule is O=C(N[C@@H](Cc1ccc(OCc2ccccc2)cc1)C(=O)O)c1cccc([N+](=O)[O-])c1. The van der Waals surface area contributed by atoms with Crippen LogP contribution in [0, 0.1) is 10.1 Å². The molecule has 1 atom stereocenters. The summed E-state index contributed by atoms with van der Waals surface area (Å²) in [5.41, 5.74) is 1.50. The summed E-state index contributed by atoms with van der Waals surface area (Å²) in [6.07, 6.45) is 0.0506. The van der Waals surface area contributed by atoms with Crippen molar-refractivity contribution in [3.8, 4) is 5.75 Å². The van der Waals surface area contributed by atoms with Gasteiger partial charge < -0.3 is 15.2 Å². The Bertz CT molecular complexity index is 1070. The average molecular weight is 420 g/mol. The second-order valence-corrected chi connectivity index (χ2v) is 6.79. The Hall–Kier alpha value is -4.20. The highest BCUT2D eigenvalue weighted by Crippen LogP contribution is 2.16. The van der Waals surface area contributed by atoms with E-state index in [9.17, 15) is 24.8 Å². The predicted molar refractivity (Wildman–Crippen MR) is 113 cm³/mol. The highest BCUT2D eigenvalue weighted by molar-refractivity contribution is 5.97. The summed E-state index contributed by atoms with van der Waals surface area (Å²) >= 11 is 0. The molecule has 1 amide bonds. The second kappa shape index (κ2) is 10.0. The Morgan fingerprint density at radius 1 is 0.968 bits per heavy atom. The minimum Gasteiger partial charge on any atom is -0.489 e. The normalized spacial score (nSPS) is 11.4. The molecule has 31 heavy (non-hydrogen) atoms. The molecule has 8 nitrogen and oxygen atoms in total. The van der Waals surface area contributed by atoms with Crippen LogP contribution in [0.4, 0.5) is 5.69 Å². The van der Waals surface area contributed by atoms with Gasteiger partial charge in [0.15, 0.2) is 0 Å². The van der Waals surface area contributed by atoms with Gasteiger partial charge in [-0.1, -0.05) is 48.5 Å². The summed E-state index contributed by atoms with van der Waals surface area (Å²) in [5, 5.41) is 22.8. The number of non-ortho nitro benzene ring substituents is 1. The lowest BCUT2D eigenvalue weighted by Gasteiger charge is -2.15. The molecule has 158 valence electrons. The molecule has 3 aromatic carbocycles. The predicted octanol–water partition coefficient (Wildman–Crippen LogP) is 3.60. The molecule has 0 fully saturated rings. The van der Waals surface area contributed by atoms with Crippen molar-refractivity contribution >= 4 is 17.6 Å². The van der Waals surface area contributed by atoms with Gasteiger partial charge in [0.25, 0.3) is 11.6 Å². The fraction of sp³-hybridized carbons (Fsp3) is 0.130. The van der Waals surface area contributed by atoms with Gasteiger partial charge in [-0.2, -0.15) is 0 Å². The molecule has 0 saturated heterocycles. The van der Waals surface area contributed by atoms with Crippen molar-refractivity contribution < 1.29 is 24.4 Å². The first kappa shape index (κ1) is 21.5. The molecule has 0 saturated carbocycles. The number of carbonyl (C=O) groups excluding carboxylic acids is 1. The van der Waals surface area contributed by atoms with E-state index in [1.807, 2.05) is 30.3 Å². The van der Waals surface area contributed by atoms with E-state index in [4.69, 9.17) is 4.74 Å². The number of benzene rings is 3. The molecule has 0 bridgehead atoms. The average Bonchev–Trinajstić information content (AvgIpc) is 2.78. The van der Waals surface area contributed by atoms with Gasteiger partial charge in [-0.15, -0.1) is 0 Å². The third kappa shape index (κ3) is 6.14. The van der Waals surface area contributed by atoms with E-state index in [2.05, 4.69) is 5.32 Å². The van der Waals surface area contributed by atoms with E-state index in [0.717, 1.165) is 11.6 Å². The largest absolute Gasteiger partial charge is 0.489 e. The number of carbonyl (C=O) groups is 2. The van der Waals surface area contributed by atoms with Gasteiger partial charge in [-0.3, -0.25) is 14.9 Å². The molecule has 3 aromatic rings. The molecular formula is C23H20N2O6. The van der Waals surface area contributed by atoms with Crippen LogP contribution in [0.1, 0.15) is 21.5 Å². The van der Waals surface area contributed by atoms with Gasteiger partial charge in [0, 0.05) is 24.1 Å². The van der Waals surface area contributed by atoms with E-state index < -0.39 is 22.8 Å². The van der Waals surface area contributed by atoms with Gasteiger partial charge in [-0.25, -0.2) is 4.79 Å². The lowest BCUT2D eigenvalue weighted by atomic mass is 10.0. The van der Waals surface area contributed by atoms with Crippen LogP contribution < -0.4 is 10.1 Å². The van der Waals surface area contributed by atoms with Gasteiger partial charge in [0.05, 0.1) is 4.92 Å². The first-order valence-corrected chi connectivity index (χ1v) is 9.46. The van der Waals surface area contributed by atoms with Crippen molar-refractivity contribution in [1.82, 2.24) is 5.32 Å². The van der Waals surface area contributed by atoms with Crippen LogP contribution in [0.5, 0.6) is 5.75 Å². The van der Waals surface area contributed by atoms with Crippen LogP contribution in [0.15, 0.2) is 78.9 Å². The smallest absolute Gasteiger partial charge is 0.326 e. The Kier molecular flexibility index (Phi) is 6.95. The number of rotatable bonds is 9. The number of nitro groups is 1. The van der Waals surface area contributed by atoms with Gasteiger partial charge in [-0.05, 0) is 29.3 Å². The van der Waals surface area contributed by atoms with Gasteiger partial charge in [0.1, 0.15) is 18.4 Å². The fourth-order valence-electron chi connectivity index (χ4n) is 2.90. The number of nitro benzene ring substituents is 1. The number of hydrogen-bond donors (Lipinski definition) is 2. The molecule has 0 aliphatic carbocycles. The highest BCUT2D eigenvalue weighted by atomic mass is 16.6. The van der Waals surface area contributed by atoms with Crippen molar-refractivity contribution in [2.75, 3.05) is 0 Å². The lowest BCUT2D eigenvalue weighted by Crippen LogP contribution is -2.42. The standard InChI is InChI=1S/C23H20N2O6/c26-22(18-7-4-8-19(14-18)25(29)30)24-21(23(27)28)13-16-9-11-20(12-10-16)31-15-17-5-2-1-3-6-17/h1-12,14,21H,13,15H2,(H,24,26)(H,27,28)/t21-/m0/s1. The van der Waals surface area contributed by atoms with Crippen LogP contribution in [0.3, 0.4) is 0 Å². The molecule has 0 unspecified atom stereocenters. The molecule has 0 heterocycles. The van der Waals surface area contributed by atoms with Gasteiger partial charge in [0.2, 0.25) is 0 Å². The van der Waals surface area contributed by atoms with Crippen molar-refractivity contribution in [3.63, 3.8) is 0 Å². The molecule has 0 aliphatic rings. The third-order valence-electron chi connectivity index (χ3n) is 4.53. The maximum atomic E-state index is 12.4. The minimum absolute atomic E-state index is 0.0186. The molecule has 3 rings (SSSR count). The number of nitrogens with zero attached hydrogens (tertiary/aromatic N) is 1. The van der Waals surface area contributed by atoms with Crippen LogP contribution in [-0.4, -0.2) is 27.9 Å². The van der Waals surface area contributed by atoms with Crippen LogP contribution in [0.25, 0.3) is 0 Å². The quantitative estimate of drug-likeness (QED) is 0.403. The van der Waals surface area contributed by atoms with Gasteiger partial charge >= 0.3 is 5.97 Å². The number of carboxylic acids is 1. The highest BCUT2D eigenvalue weighted by Gasteiger charge is 2.22. The van der Waals surface area contributed by atoms with Crippen molar-refractivity contribution in [2.45, 2.75) is 19.1 Å². The van der Waals surface area contributed by atoms with Crippen LogP contribution in [0.2, 0.25) is 0 Å². The number of ether oxygens (including phenoxy) is 1. The zero-order valence-electron chi connectivity index (χ0n) is 16.4. The summed E-state index contributed by atoms with van der Waals surface area (Å²) in [6, 6.07) is 20.6. The minimum atomic E-state index is -1.21. The number of hydrogen-bond acceptors (Lipinski definition) is 5. The second-order valence-electron chi connectivity index (χ2n) is 6.79. The van der Waals surface area contributed by atoms with E-state index in [-0.39, 0.29) is 17.7 Å². The maximum absolute atomic E-state index is 12.4. The summed E-state index contributed by atoms with van der Waals surface area (Å²) < 4.78 is 5.71. The number of amides is 1. The van der Waals surface area contributed by atoms with Crippen LogP contribution in [-0.2, 0) is 17.8 Å². The molecule has 2 N–H and O–H groups in total. The van der Waals surface area contributed by atoms with Crippen LogP contribution >= 0.6 is 0 Å². The Balaban J connectivity index is 1.62. The molecule has 0 radical (unpaired) electrons. The van der Waals surface area contributed by atoms with E-state index in [1.54, 1.807) is 24.3 Å². The summed E-state index contributed by atoms with van der Waals surface area (Å²) in [4.78, 5) is 34.3. The van der Waals surface area contributed by atoms with Crippen molar-refractivity contribution in [3.05, 3.63) is 106 Å². The molecule has 0 spiro atoms. The summed E-state index contributed by atoms with van der Waals surface area (Å²) in [5.74, 6) is -1.26. The third-order valence-corrected chi connectivity index (χ3v) is 4.53. The zero-order valence-corrected chi connectivity index (χ0v) is 16.4. The van der Waals surface area contributed by atoms with Crippen molar-refractivity contribution in [1.29, 1.82) is 0 Å². The number of nitrogens with one attached hydrogen (secondary N) is 1. The Morgan fingerprint density at radius 2 is 1.68 bits per heavy atom. The maximum Gasteiger partial charge on any atom is 0.326 e. The van der Waals surface area contributed by atoms with E-state index in [1.165, 1.54) is 18.2 Å². The molecule has 0 aromatic heterocycles.